The van der Waals surface area contributed by atoms with Crippen LogP contribution in [0.3, 0.4) is 0 Å². The molecule has 0 unspecified atom stereocenters. The van der Waals surface area contributed by atoms with Gasteiger partial charge in [0.1, 0.15) is 5.71 Å². The Morgan fingerprint density at radius 3 is 2.68 bits per heavy atom. The van der Waals surface area contributed by atoms with Crippen molar-refractivity contribution in [3.8, 4) is 5.88 Å². The fraction of sp³-hybridized carbons (Fsp3) is 0.562. The summed E-state index contributed by atoms with van der Waals surface area (Å²) in [4.78, 5) is 36.5. The van der Waals surface area contributed by atoms with Gasteiger partial charge in [0.2, 0.25) is 17.7 Å². The van der Waals surface area contributed by atoms with Crippen LogP contribution in [0, 0.1) is 0 Å². The maximum Gasteiger partial charge on any atom is 0.270 e. The highest BCUT2D eigenvalue weighted by atomic mass is 16.5. The van der Waals surface area contributed by atoms with Gasteiger partial charge in [-0.2, -0.15) is 10.1 Å². The Morgan fingerprint density at radius 2 is 2.00 bits per heavy atom. The summed E-state index contributed by atoms with van der Waals surface area (Å²) in [6, 6.07) is 1.73. The molecule has 1 fully saturated rings. The second kappa shape index (κ2) is 7.45. The number of carbonyl (C=O) groups is 2. The number of anilines is 1. The summed E-state index contributed by atoms with van der Waals surface area (Å²) in [7, 11) is 1.58. The number of nitrogens with zero attached hydrogens (tertiary/aromatic N) is 6. The zero-order chi connectivity index (χ0) is 17.8. The standard InChI is InChI=1S/C16H22N6O3/c1-3-25-13-6-7-17-16(18-13)22-10-8-21(9-11-22)15(24)12-4-5-14(23)20(2)19-12/h6-7H,3-5,8-11H2,1-2H3. The van der Waals surface area contributed by atoms with Crippen LogP contribution in [0.2, 0.25) is 0 Å². The van der Waals surface area contributed by atoms with E-state index in [0.717, 1.165) is 0 Å². The number of aromatic nitrogens is 2. The number of amides is 2. The van der Waals surface area contributed by atoms with Crippen molar-refractivity contribution >= 4 is 23.5 Å². The molecule has 2 aliphatic rings. The van der Waals surface area contributed by atoms with Crippen LogP contribution in [0.4, 0.5) is 5.95 Å². The van der Waals surface area contributed by atoms with Crippen LogP contribution in [0.1, 0.15) is 19.8 Å². The SMILES string of the molecule is CCOc1ccnc(N2CCN(C(=O)C3=NN(C)C(=O)CC3)CC2)n1. The van der Waals surface area contributed by atoms with E-state index in [2.05, 4.69) is 15.1 Å². The summed E-state index contributed by atoms with van der Waals surface area (Å²) >= 11 is 0. The third-order valence-electron chi connectivity index (χ3n) is 4.21. The first-order valence-corrected chi connectivity index (χ1v) is 8.42. The molecule has 2 aliphatic heterocycles. The van der Waals surface area contributed by atoms with E-state index in [1.165, 1.54) is 5.01 Å². The molecule has 0 saturated carbocycles. The number of hydrazone groups is 1. The molecule has 9 heteroatoms. The fourth-order valence-corrected chi connectivity index (χ4v) is 2.83. The van der Waals surface area contributed by atoms with Crippen molar-refractivity contribution in [2.45, 2.75) is 19.8 Å². The highest BCUT2D eigenvalue weighted by Crippen LogP contribution is 2.16. The molecule has 3 heterocycles. The predicted molar refractivity (Wildman–Crippen MR) is 91.4 cm³/mol. The second-order valence-corrected chi connectivity index (χ2v) is 5.87. The van der Waals surface area contributed by atoms with Crippen LogP contribution < -0.4 is 9.64 Å². The minimum Gasteiger partial charge on any atom is -0.478 e. The van der Waals surface area contributed by atoms with Crippen LogP contribution in [-0.2, 0) is 9.59 Å². The van der Waals surface area contributed by atoms with E-state index >= 15 is 0 Å². The molecule has 0 radical (unpaired) electrons. The minimum atomic E-state index is -0.0945. The van der Waals surface area contributed by atoms with Crippen LogP contribution in [0.25, 0.3) is 0 Å². The Balaban J connectivity index is 1.60. The summed E-state index contributed by atoms with van der Waals surface area (Å²) in [6.07, 6.45) is 2.41. The van der Waals surface area contributed by atoms with E-state index in [4.69, 9.17) is 4.74 Å². The van der Waals surface area contributed by atoms with Gasteiger partial charge in [-0.25, -0.2) is 9.99 Å². The van der Waals surface area contributed by atoms with Gasteiger partial charge in [0.25, 0.3) is 5.91 Å². The number of piperazine rings is 1. The number of rotatable bonds is 4. The molecule has 0 bridgehead atoms. The Kier molecular flexibility index (Phi) is 5.11. The van der Waals surface area contributed by atoms with Crippen molar-refractivity contribution in [2.24, 2.45) is 5.10 Å². The van der Waals surface area contributed by atoms with Gasteiger partial charge in [0.05, 0.1) is 6.61 Å². The Hall–Kier alpha value is -2.71. The normalized spacial score (nSPS) is 18.2. The summed E-state index contributed by atoms with van der Waals surface area (Å²) in [5, 5.41) is 5.35. The summed E-state index contributed by atoms with van der Waals surface area (Å²) < 4.78 is 5.40. The average Bonchev–Trinajstić information content (AvgIpc) is 2.64. The molecule has 0 spiro atoms. The Bertz CT molecular complexity index is 684. The van der Waals surface area contributed by atoms with Gasteiger partial charge in [-0.15, -0.1) is 0 Å². The van der Waals surface area contributed by atoms with Crippen molar-refractivity contribution in [1.29, 1.82) is 0 Å². The molecule has 134 valence electrons. The lowest BCUT2D eigenvalue weighted by Crippen LogP contribution is -2.51. The van der Waals surface area contributed by atoms with E-state index in [9.17, 15) is 9.59 Å². The Labute approximate surface area is 146 Å². The monoisotopic (exact) mass is 346 g/mol. The van der Waals surface area contributed by atoms with E-state index in [-0.39, 0.29) is 11.8 Å². The van der Waals surface area contributed by atoms with Crippen molar-refractivity contribution < 1.29 is 14.3 Å². The quantitative estimate of drug-likeness (QED) is 0.770. The van der Waals surface area contributed by atoms with Crippen molar-refractivity contribution in [3.05, 3.63) is 12.3 Å². The van der Waals surface area contributed by atoms with Gasteiger partial charge < -0.3 is 14.5 Å². The van der Waals surface area contributed by atoms with Crippen molar-refractivity contribution in [1.82, 2.24) is 19.9 Å². The molecule has 9 nitrogen and oxygen atoms in total. The third-order valence-corrected chi connectivity index (χ3v) is 4.21. The average molecular weight is 346 g/mol. The summed E-state index contributed by atoms with van der Waals surface area (Å²) in [6.45, 7) is 4.88. The molecule has 0 atom stereocenters. The molecule has 0 aromatic carbocycles. The van der Waals surface area contributed by atoms with Gasteiger partial charge in [-0.1, -0.05) is 0 Å². The number of hydrogen-bond acceptors (Lipinski definition) is 7. The molecular weight excluding hydrogens is 324 g/mol. The maximum atomic E-state index is 12.6. The number of hydrogen-bond donors (Lipinski definition) is 0. The molecule has 1 saturated heterocycles. The maximum absolute atomic E-state index is 12.6. The number of carbonyl (C=O) groups excluding carboxylic acids is 2. The zero-order valence-corrected chi connectivity index (χ0v) is 14.5. The zero-order valence-electron chi connectivity index (χ0n) is 14.5. The molecule has 1 aromatic heterocycles. The predicted octanol–water partition coefficient (Wildman–Crippen LogP) is 0.132. The molecular formula is C16H22N6O3. The second-order valence-electron chi connectivity index (χ2n) is 5.87. The van der Waals surface area contributed by atoms with E-state index in [1.54, 1.807) is 24.2 Å². The lowest BCUT2D eigenvalue weighted by atomic mass is 10.1. The van der Waals surface area contributed by atoms with E-state index < -0.39 is 0 Å². The van der Waals surface area contributed by atoms with Gasteiger partial charge in [0.15, 0.2) is 0 Å². The summed E-state index contributed by atoms with van der Waals surface area (Å²) in [5.74, 6) is 1.00. The van der Waals surface area contributed by atoms with Crippen LogP contribution in [0.15, 0.2) is 17.4 Å². The molecule has 3 rings (SSSR count). The fourth-order valence-electron chi connectivity index (χ4n) is 2.83. The lowest BCUT2D eigenvalue weighted by Gasteiger charge is -2.35. The first kappa shape index (κ1) is 17.1. The lowest BCUT2D eigenvalue weighted by molar-refractivity contribution is -0.130. The molecule has 2 amide bonds. The first-order valence-electron chi connectivity index (χ1n) is 8.42. The topological polar surface area (TPSA) is 91.2 Å². The van der Waals surface area contributed by atoms with E-state index in [1.807, 2.05) is 11.8 Å². The third kappa shape index (κ3) is 3.86. The highest BCUT2D eigenvalue weighted by Gasteiger charge is 2.28. The molecule has 0 N–H and O–H groups in total. The van der Waals surface area contributed by atoms with Crippen molar-refractivity contribution in [2.75, 3.05) is 44.7 Å². The van der Waals surface area contributed by atoms with Crippen LogP contribution >= 0.6 is 0 Å². The number of ether oxygens (including phenoxy) is 1. The van der Waals surface area contributed by atoms with Gasteiger partial charge in [0, 0.05) is 58.3 Å². The van der Waals surface area contributed by atoms with Gasteiger partial charge >= 0.3 is 0 Å². The minimum absolute atomic E-state index is 0.0623. The first-order chi connectivity index (χ1) is 12.1. The van der Waals surface area contributed by atoms with E-state index in [0.29, 0.717) is 63.2 Å². The smallest absolute Gasteiger partial charge is 0.270 e. The van der Waals surface area contributed by atoms with Gasteiger partial charge in [-0.05, 0) is 6.92 Å². The van der Waals surface area contributed by atoms with Crippen LogP contribution in [0.5, 0.6) is 5.88 Å². The molecule has 0 aliphatic carbocycles. The highest BCUT2D eigenvalue weighted by molar-refractivity contribution is 6.39. The Morgan fingerprint density at radius 1 is 1.24 bits per heavy atom. The van der Waals surface area contributed by atoms with Crippen molar-refractivity contribution in [3.63, 3.8) is 0 Å². The molecule has 25 heavy (non-hydrogen) atoms. The summed E-state index contributed by atoms with van der Waals surface area (Å²) in [5.41, 5.74) is 0.449. The largest absolute Gasteiger partial charge is 0.478 e. The molecule has 1 aromatic rings. The van der Waals surface area contributed by atoms with Crippen LogP contribution in [-0.4, -0.2) is 77.2 Å². The van der Waals surface area contributed by atoms with Gasteiger partial charge in [-0.3, -0.25) is 9.59 Å².